The number of nitrogen functional groups attached to an aromatic ring is 1. The minimum Gasteiger partial charge on any atom is -0.489 e. The molecular weight excluding hydrogens is 346 g/mol. The highest BCUT2D eigenvalue weighted by atomic mass is 16.5. The number of amides is 1. The summed E-state index contributed by atoms with van der Waals surface area (Å²) in [6, 6.07) is 14.4. The number of carbonyl (C=O) groups excluding carboxylic acids is 1. The fourth-order valence-electron chi connectivity index (χ4n) is 2.83. The number of nitrogens with two attached hydrogens (primary N) is 1. The van der Waals surface area contributed by atoms with Crippen LogP contribution in [0.15, 0.2) is 53.5 Å². The Kier molecular flexibility index (Phi) is 6.05. The average molecular weight is 369 g/mol. The molecule has 1 heterocycles. The van der Waals surface area contributed by atoms with E-state index in [2.05, 4.69) is 10.3 Å². The summed E-state index contributed by atoms with van der Waals surface area (Å²) in [4.78, 5) is 16.7. The highest BCUT2D eigenvalue weighted by Crippen LogP contribution is 2.22. The van der Waals surface area contributed by atoms with Crippen LogP contribution in [0.5, 0.6) is 5.75 Å². The Labute approximate surface area is 157 Å². The Hall–Kier alpha value is -2.90. The van der Waals surface area contributed by atoms with E-state index in [1.165, 1.54) is 7.05 Å². The molecule has 1 fully saturated rings. The molecule has 4 N–H and O–H groups in total. The first-order valence-corrected chi connectivity index (χ1v) is 8.68. The average Bonchev–Trinajstić information content (AvgIpc) is 3.08. The van der Waals surface area contributed by atoms with Crippen molar-refractivity contribution in [1.82, 2.24) is 5.32 Å². The number of anilines is 1. The number of hydrogen-bond donors (Lipinski definition) is 3. The lowest BCUT2D eigenvalue weighted by atomic mass is 10.1. The van der Waals surface area contributed by atoms with Crippen LogP contribution in [-0.4, -0.2) is 49.1 Å². The lowest BCUT2D eigenvalue weighted by Gasteiger charge is -2.17. The largest absolute Gasteiger partial charge is 0.489 e. The van der Waals surface area contributed by atoms with Crippen molar-refractivity contribution in [2.75, 3.05) is 26.0 Å². The summed E-state index contributed by atoms with van der Waals surface area (Å²) in [5.74, 6) is 0.167. The SMILES string of the molecule is CN=C(C(=O)N[C@@H]1COC[C@H]1O)c1cc(OCc2ccccc2)ccc1N. The second kappa shape index (κ2) is 8.66. The summed E-state index contributed by atoms with van der Waals surface area (Å²) in [5.41, 5.74) is 8.17. The summed E-state index contributed by atoms with van der Waals surface area (Å²) < 4.78 is 11.0. The van der Waals surface area contributed by atoms with E-state index in [9.17, 15) is 9.90 Å². The molecular formula is C20H23N3O4. The molecule has 3 rings (SSSR count). The zero-order chi connectivity index (χ0) is 19.2. The molecule has 0 saturated carbocycles. The van der Waals surface area contributed by atoms with E-state index >= 15 is 0 Å². The number of benzene rings is 2. The van der Waals surface area contributed by atoms with Gasteiger partial charge in [-0.2, -0.15) is 0 Å². The normalized spacial score (nSPS) is 19.7. The first-order valence-electron chi connectivity index (χ1n) is 8.68. The van der Waals surface area contributed by atoms with Gasteiger partial charge in [-0.25, -0.2) is 0 Å². The first-order chi connectivity index (χ1) is 13.1. The van der Waals surface area contributed by atoms with Crippen molar-refractivity contribution < 1.29 is 19.4 Å². The molecule has 0 spiro atoms. The van der Waals surface area contributed by atoms with E-state index in [1.807, 2.05) is 30.3 Å². The topological polar surface area (TPSA) is 106 Å². The molecule has 0 bridgehead atoms. The van der Waals surface area contributed by atoms with Gasteiger partial charge in [-0.3, -0.25) is 9.79 Å². The van der Waals surface area contributed by atoms with E-state index < -0.39 is 18.1 Å². The van der Waals surface area contributed by atoms with E-state index in [0.29, 0.717) is 23.6 Å². The maximum absolute atomic E-state index is 12.6. The highest BCUT2D eigenvalue weighted by molar-refractivity contribution is 6.46. The second-order valence-corrected chi connectivity index (χ2v) is 6.28. The third-order valence-electron chi connectivity index (χ3n) is 4.33. The van der Waals surface area contributed by atoms with E-state index in [1.54, 1.807) is 18.2 Å². The molecule has 27 heavy (non-hydrogen) atoms. The Morgan fingerprint density at radius 3 is 2.74 bits per heavy atom. The minimum absolute atomic E-state index is 0.178. The van der Waals surface area contributed by atoms with Crippen LogP contribution in [0, 0.1) is 0 Å². The maximum atomic E-state index is 12.6. The lowest BCUT2D eigenvalue weighted by molar-refractivity contribution is -0.115. The van der Waals surface area contributed by atoms with Gasteiger partial charge in [0.25, 0.3) is 5.91 Å². The van der Waals surface area contributed by atoms with Crippen LogP contribution in [0.1, 0.15) is 11.1 Å². The Balaban J connectivity index is 1.74. The Bertz CT molecular complexity index is 823. The van der Waals surface area contributed by atoms with Gasteiger partial charge < -0.3 is 25.6 Å². The standard InChI is InChI=1S/C20H23N3O4/c1-22-19(20(25)23-17-11-26-12-18(17)24)15-9-14(7-8-16(15)21)27-10-13-5-3-2-4-6-13/h2-9,17-18,24H,10-12,21H2,1H3,(H,23,25)/t17-,18-/m1/s1. The van der Waals surface area contributed by atoms with Crippen molar-refractivity contribution in [2.24, 2.45) is 4.99 Å². The third-order valence-corrected chi connectivity index (χ3v) is 4.33. The molecule has 1 saturated heterocycles. The van der Waals surface area contributed by atoms with Crippen molar-refractivity contribution in [2.45, 2.75) is 18.8 Å². The molecule has 0 aliphatic carbocycles. The van der Waals surface area contributed by atoms with Crippen molar-refractivity contribution in [3.05, 3.63) is 59.7 Å². The fraction of sp³-hybridized carbons (Fsp3) is 0.300. The van der Waals surface area contributed by atoms with Gasteiger partial charge in [0.15, 0.2) is 0 Å². The summed E-state index contributed by atoms with van der Waals surface area (Å²) in [7, 11) is 1.52. The summed E-state index contributed by atoms with van der Waals surface area (Å²) in [5, 5.41) is 12.6. The predicted molar refractivity (Wildman–Crippen MR) is 103 cm³/mol. The predicted octanol–water partition coefficient (Wildman–Crippen LogP) is 1.14. The van der Waals surface area contributed by atoms with Gasteiger partial charge in [0.05, 0.1) is 25.4 Å². The Morgan fingerprint density at radius 1 is 1.30 bits per heavy atom. The molecule has 0 unspecified atom stereocenters. The van der Waals surface area contributed by atoms with Crippen LogP contribution in [-0.2, 0) is 16.1 Å². The first kappa shape index (κ1) is 18.9. The number of nitrogens with zero attached hydrogens (tertiary/aromatic N) is 1. The lowest BCUT2D eigenvalue weighted by Crippen LogP contribution is -2.45. The smallest absolute Gasteiger partial charge is 0.270 e. The zero-order valence-electron chi connectivity index (χ0n) is 15.1. The third kappa shape index (κ3) is 4.64. The highest BCUT2D eigenvalue weighted by Gasteiger charge is 2.29. The van der Waals surface area contributed by atoms with E-state index in [4.69, 9.17) is 15.2 Å². The number of ether oxygens (including phenoxy) is 2. The number of rotatable bonds is 6. The number of aliphatic imine (C=N–C) groups is 1. The summed E-state index contributed by atoms with van der Waals surface area (Å²) >= 11 is 0. The fourth-order valence-corrected chi connectivity index (χ4v) is 2.83. The van der Waals surface area contributed by atoms with Gasteiger partial charge in [-0.05, 0) is 23.8 Å². The van der Waals surface area contributed by atoms with Gasteiger partial charge in [0.2, 0.25) is 0 Å². The van der Waals surface area contributed by atoms with Gasteiger partial charge in [-0.1, -0.05) is 30.3 Å². The molecule has 2 aromatic rings. The molecule has 1 aliphatic rings. The molecule has 7 nitrogen and oxygen atoms in total. The van der Waals surface area contributed by atoms with Crippen LogP contribution in [0.2, 0.25) is 0 Å². The molecule has 2 atom stereocenters. The summed E-state index contributed by atoms with van der Waals surface area (Å²) in [6.07, 6.45) is -0.732. The number of carbonyl (C=O) groups is 1. The molecule has 2 aromatic carbocycles. The zero-order valence-corrected chi connectivity index (χ0v) is 15.1. The van der Waals surface area contributed by atoms with Crippen molar-refractivity contribution in [1.29, 1.82) is 0 Å². The van der Waals surface area contributed by atoms with Gasteiger partial charge in [0, 0.05) is 18.3 Å². The molecule has 142 valence electrons. The summed E-state index contributed by atoms with van der Waals surface area (Å²) in [6.45, 7) is 0.870. The van der Waals surface area contributed by atoms with Crippen LogP contribution >= 0.6 is 0 Å². The molecule has 1 aliphatic heterocycles. The molecule has 1 amide bonds. The van der Waals surface area contributed by atoms with Gasteiger partial charge in [-0.15, -0.1) is 0 Å². The van der Waals surface area contributed by atoms with Crippen LogP contribution in [0.25, 0.3) is 0 Å². The monoisotopic (exact) mass is 369 g/mol. The van der Waals surface area contributed by atoms with Gasteiger partial charge in [0.1, 0.15) is 18.1 Å². The van der Waals surface area contributed by atoms with E-state index in [-0.39, 0.29) is 18.9 Å². The quantitative estimate of drug-likeness (QED) is 0.523. The van der Waals surface area contributed by atoms with Gasteiger partial charge >= 0.3 is 0 Å². The van der Waals surface area contributed by atoms with Crippen molar-refractivity contribution in [3.63, 3.8) is 0 Å². The molecule has 7 heteroatoms. The number of nitrogens with one attached hydrogen (secondary N) is 1. The van der Waals surface area contributed by atoms with Crippen molar-refractivity contribution >= 4 is 17.3 Å². The molecule has 0 aromatic heterocycles. The minimum atomic E-state index is -0.732. The number of hydrogen-bond acceptors (Lipinski definition) is 6. The van der Waals surface area contributed by atoms with E-state index in [0.717, 1.165) is 5.56 Å². The van der Waals surface area contributed by atoms with Crippen LogP contribution in [0.3, 0.4) is 0 Å². The maximum Gasteiger partial charge on any atom is 0.270 e. The Morgan fingerprint density at radius 2 is 2.07 bits per heavy atom. The number of aliphatic hydroxyl groups is 1. The number of aliphatic hydroxyl groups excluding tert-OH is 1. The van der Waals surface area contributed by atoms with Crippen LogP contribution in [0.4, 0.5) is 5.69 Å². The second-order valence-electron chi connectivity index (χ2n) is 6.28. The molecule has 0 radical (unpaired) electrons. The van der Waals surface area contributed by atoms with Crippen LogP contribution < -0.4 is 15.8 Å². The van der Waals surface area contributed by atoms with Crippen molar-refractivity contribution in [3.8, 4) is 5.75 Å².